The van der Waals surface area contributed by atoms with E-state index in [9.17, 15) is 21.6 Å². The highest BCUT2D eigenvalue weighted by Crippen LogP contribution is 2.21. The van der Waals surface area contributed by atoms with E-state index in [1.807, 2.05) is 0 Å². The lowest BCUT2D eigenvalue weighted by molar-refractivity contribution is 0.247. The summed E-state index contributed by atoms with van der Waals surface area (Å²) in [5, 5.41) is 0. The molecular weight excluding hydrogens is 332 g/mol. The molecule has 122 valence electrons. The molecule has 0 unspecified atom stereocenters. The molecule has 2 amide bonds. The first kappa shape index (κ1) is 16.7. The number of nitrogens with zero attached hydrogens (tertiary/aromatic N) is 1. The van der Waals surface area contributed by atoms with Gasteiger partial charge in [0.1, 0.15) is 0 Å². The van der Waals surface area contributed by atoms with Gasteiger partial charge in [0.05, 0.1) is 9.79 Å². The number of benzene rings is 1. The Balaban J connectivity index is 2.21. The number of rotatable bonds is 5. The summed E-state index contributed by atoms with van der Waals surface area (Å²) in [6.07, 6.45) is 1.63. The maximum absolute atomic E-state index is 12.3. The maximum atomic E-state index is 12.3. The Morgan fingerprint density at radius 3 is 2.00 bits per heavy atom. The molecule has 22 heavy (non-hydrogen) atoms. The molecule has 1 heterocycles. The van der Waals surface area contributed by atoms with Gasteiger partial charge in [0.15, 0.2) is 0 Å². The smallest absolute Gasteiger partial charge is 0.327 e. The number of primary amides is 1. The van der Waals surface area contributed by atoms with Crippen LogP contribution in [0.5, 0.6) is 0 Å². The Bertz CT molecular complexity index is 752. The second-order valence-electron chi connectivity index (χ2n) is 4.68. The molecule has 2 rings (SSSR count). The fourth-order valence-electron chi connectivity index (χ4n) is 2.04. The monoisotopic (exact) mass is 348 g/mol. The van der Waals surface area contributed by atoms with Crippen molar-refractivity contribution in [2.24, 2.45) is 5.73 Å². The van der Waals surface area contributed by atoms with Crippen LogP contribution in [0.1, 0.15) is 12.8 Å². The highest BCUT2D eigenvalue weighted by Gasteiger charge is 2.27. The summed E-state index contributed by atoms with van der Waals surface area (Å²) in [6.45, 7) is 0.930. The number of carbonyl (C=O) groups is 1. The van der Waals surface area contributed by atoms with E-state index in [0.717, 1.165) is 25.0 Å². The van der Waals surface area contributed by atoms with Crippen molar-refractivity contribution in [3.63, 3.8) is 0 Å². The lowest BCUT2D eigenvalue weighted by Gasteiger charge is -2.15. The molecule has 1 aliphatic rings. The number of nitrogens with two attached hydrogens (primary N) is 1. The van der Waals surface area contributed by atoms with Gasteiger partial charge in [0.2, 0.25) is 10.0 Å². The lowest BCUT2D eigenvalue weighted by Crippen LogP contribution is -2.44. The van der Waals surface area contributed by atoms with E-state index in [1.54, 1.807) is 10.3 Å². The zero-order valence-electron chi connectivity index (χ0n) is 11.5. The minimum Gasteiger partial charge on any atom is -0.351 e. The molecule has 1 fully saturated rings. The molecule has 1 saturated heterocycles. The van der Waals surface area contributed by atoms with Crippen LogP contribution >= 0.6 is 0 Å². The number of hydrazine groups is 1. The molecule has 0 saturated carbocycles. The highest BCUT2D eigenvalue weighted by atomic mass is 32.2. The molecule has 9 nitrogen and oxygen atoms in total. The number of hydrogen-bond acceptors (Lipinski definition) is 5. The number of nitrogens with one attached hydrogen (secondary N) is 2. The Morgan fingerprint density at radius 1 is 1.00 bits per heavy atom. The van der Waals surface area contributed by atoms with Gasteiger partial charge in [0.25, 0.3) is 10.0 Å². The number of sulfonamides is 2. The van der Waals surface area contributed by atoms with Gasteiger partial charge in [-0.2, -0.15) is 4.31 Å². The van der Waals surface area contributed by atoms with Gasteiger partial charge in [-0.1, -0.05) is 0 Å². The van der Waals surface area contributed by atoms with Crippen LogP contribution in [0.25, 0.3) is 0 Å². The largest absolute Gasteiger partial charge is 0.351 e. The molecule has 11 heteroatoms. The molecule has 0 aliphatic carbocycles. The molecular formula is C11H16N4O5S2. The third-order valence-electron chi connectivity index (χ3n) is 3.15. The summed E-state index contributed by atoms with van der Waals surface area (Å²) in [7, 11) is -7.61. The minimum absolute atomic E-state index is 0.0243. The van der Waals surface area contributed by atoms with Crippen LogP contribution in [0.4, 0.5) is 4.79 Å². The summed E-state index contributed by atoms with van der Waals surface area (Å²) in [6, 6.07) is 3.66. The average molecular weight is 348 g/mol. The van der Waals surface area contributed by atoms with Crippen molar-refractivity contribution in [1.29, 1.82) is 0 Å². The van der Waals surface area contributed by atoms with E-state index < -0.39 is 26.1 Å². The first-order valence-corrected chi connectivity index (χ1v) is 9.33. The Hall–Kier alpha value is -1.69. The third-order valence-corrected chi connectivity index (χ3v) is 6.32. The van der Waals surface area contributed by atoms with Gasteiger partial charge < -0.3 is 5.73 Å². The molecule has 1 aromatic carbocycles. The van der Waals surface area contributed by atoms with E-state index >= 15 is 0 Å². The van der Waals surface area contributed by atoms with E-state index in [-0.39, 0.29) is 9.79 Å². The SMILES string of the molecule is NC(=O)NNS(=O)(=O)c1ccc(S(=O)(=O)N2CCCC2)cc1. The summed E-state index contributed by atoms with van der Waals surface area (Å²) in [4.78, 5) is 12.1. The molecule has 0 radical (unpaired) electrons. The summed E-state index contributed by atoms with van der Waals surface area (Å²) in [5.41, 5.74) is 6.52. The third kappa shape index (κ3) is 3.55. The van der Waals surface area contributed by atoms with E-state index in [2.05, 4.69) is 0 Å². The number of hydrogen-bond donors (Lipinski definition) is 3. The molecule has 0 aromatic heterocycles. The molecule has 0 bridgehead atoms. The second kappa shape index (κ2) is 6.20. The van der Waals surface area contributed by atoms with Crippen molar-refractivity contribution >= 4 is 26.1 Å². The van der Waals surface area contributed by atoms with Crippen LogP contribution in [0.2, 0.25) is 0 Å². The van der Waals surface area contributed by atoms with Crippen LogP contribution in [0, 0.1) is 0 Å². The average Bonchev–Trinajstić information content (AvgIpc) is 3.00. The van der Waals surface area contributed by atoms with Crippen molar-refractivity contribution in [2.45, 2.75) is 22.6 Å². The van der Waals surface area contributed by atoms with Crippen LogP contribution in [0.3, 0.4) is 0 Å². The predicted octanol–water partition coefficient (Wildman–Crippen LogP) is -0.667. The number of carbonyl (C=O) groups excluding carboxylic acids is 1. The lowest BCUT2D eigenvalue weighted by atomic mass is 10.4. The zero-order chi connectivity index (χ0) is 16.4. The van der Waals surface area contributed by atoms with Crippen LogP contribution in [-0.2, 0) is 20.0 Å². The van der Waals surface area contributed by atoms with Crippen LogP contribution in [-0.4, -0.2) is 40.3 Å². The van der Waals surface area contributed by atoms with Gasteiger partial charge in [-0.3, -0.25) is 5.43 Å². The summed E-state index contributed by atoms with van der Waals surface area (Å²) < 4.78 is 49.6. The first-order chi connectivity index (χ1) is 10.2. The molecule has 0 spiro atoms. The van der Waals surface area contributed by atoms with Crippen LogP contribution < -0.4 is 16.0 Å². The minimum atomic E-state index is -4.01. The summed E-state index contributed by atoms with van der Waals surface area (Å²) >= 11 is 0. The van der Waals surface area contributed by atoms with E-state index in [1.165, 1.54) is 16.4 Å². The fraction of sp³-hybridized carbons (Fsp3) is 0.364. The Labute approximate surface area is 128 Å². The predicted molar refractivity (Wildman–Crippen MR) is 77.5 cm³/mol. The molecule has 1 aliphatic heterocycles. The van der Waals surface area contributed by atoms with Crippen molar-refractivity contribution in [3.8, 4) is 0 Å². The molecule has 0 atom stereocenters. The number of amides is 2. The molecule has 4 N–H and O–H groups in total. The standard InChI is InChI=1S/C11H16N4O5S2/c12-11(16)13-14-21(17,18)9-3-5-10(6-4-9)22(19,20)15-7-1-2-8-15/h3-6,14H,1-2,7-8H2,(H3,12,13,16). The second-order valence-corrected chi connectivity index (χ2v) is 8.30. The van der Waals surface area contributed by atoms with E-state index in [4.69, 9.17) is 5.73 Å². The zero-order valence-corrected chi connectivity index (χ0v) is 13.2. The Kier molecular flexibility index (Phi) is 4.70. The van der Waals surface area contributed by atoms with Gasteiger partial charge in [-0.05, 0) is 37.1 Å². The van der Waals surface area contributed by atoms with E-state index in [0.29, 0.717) is 13.1 Å². The van der Waals surface area contributed by atoms with Crippen molar-refractivity contribution in [3.05, 3.63) is 24.3 Å². The fourth-order valence-corrected chi connectivity index (χ4v) is 4.41. The summed E-state index contributed by atoms with van der Waals surface area (Å²) in [5.74, 6) is 0. The number of urea groups is 1. The van der Waals surface area contributed by atoms with Gasteiger partial charge in [-0.25, -0.2) is 21.6 Å². The van der Waals surface area contributed by atoms with Crippen molar-refractivity contribution < 1.29 is 21.6 Å². The Morgan fingerprint density at radius 2 is 1.50 bits per heavy atom. The first-order valence-electron chi connectivity index (χ1n) is 6.41. The maximum Gasteiger partial charge on any atom is 0.327 e. The normalized spacial score (nSPS) is 16.5. The quantitative estimate of drug-likeness (QED) is 0.606. The van der Waals surface area contributed by atoms with Gasteiger partial charge in [0, 0.05) is 13.1 Å². The van der Waals surface area contributed by atoms with Gasteiger partial charge in [-0.15, -0.1) is 4.83 Å². The highest BCUT2D eigenvalue weighted by molar-refractivity contribution is 7.89. The molecule has 1 aromatic rings. The van der Waals surface area contributed by atoms with Crippen molar-refractivity contribution in [1.82, 2.24) is 14.6 Å². The van der Waals surface area contributed by atoms with Gasteiger partial charge >= 0.3 is 6.03 Å². The van der Waals surface area contributed by atoms with Crippen LogP contribution in [0.15, 0.2) is 34.1 Å². The van der Waals surface area contributed by atoms with Crippen molar-refractivity contribution in [2.75, 3.05) is 13.1 Å². The topological polar surface area (TPSA) is 139 Å².